The maximum atomic E-state index is 11.3. The maximum absolute atomic E-state index is 11.3. The summed E-state index contributed by atoms with van der Waals surface area (Å²) in [5.74, 6) is -0.0988. The van der Waals surface area contributed by atoms with Crippen LogP contribution < -0.4 is 0 Å². The predicted octanol–water partition coefficient (Wildman–Crippen LogP) is -0.653. The van der Waals surface area contributed by atoms with Crippen molar-refractivity contribution in [3.8, 4) is 0 Å². The molecule has 0 aromatic carbocycles. The Morgan fingerprint density at radius 3 is 2.42 bits per heavy atom. The highest BCUT2D eigenvalue weighted by Crippen LogP contribution is 2.12. The zero-order valence-corrected chi connectivity index (χ0v) is 7.54. The standard InChI is InChI=1S/C8H15NO3/c1-6-4-12-5-7(2)9(6)8(11)3-10/h6-7,10H,3-5H2,1-2H3/p+1/t6-,7?/m1/s1. The summed E-state index contributed by atoms with van der Waals surface area (Å²) in [5, 5.41) is 6.99. The fraction of sp³-hybridized carbons (Fsp3) is 0.875. The summed E-state index contributed by atoms with van der Waals surface area (Å²) in [6.07, 6.45) is 0. The number of nitrogens with zero attached hydrogens (tertiary/aromatic N) is 1. The van der Waals surface area contributed by atoms with Gasteiger partial charge in [0.15, 0.2) is 0 Å². The fourth-order valence-electron chi connectivity index (χ4n) is 1.59. The number of hydrogen-bond acceptors (Lipinski definition) is 2. The summed E-state index contributed by atoms with van der Waals surface area (Å²) in [6.45, 7) is 4.92. The number of hydrogen-bond donors (Lipinski definition) is 0. The highest BCUT2D eigenvalue weighted by Gasteiger charge is 2.29. The number of amides is 1. The minimum Gasteiger partial charge on any atom is -0.438 e. The van der Waals surface area contributed by atoms with Crippen molar-refractivity contribution in [2.45, 2.75) is 25.9 Å². The van der Waals surface area contributed by atoms with Gasteiger partial charge < -0.3 is 14.7 Å². The molecule has 0 saturated carbocycles. The van der Waals surface area contributed by atoms with Gasteiger partial charge in [0, 0.05) is 0 Å². The van der Waals surface area contributed by atoms with E-state index in [9.17, 15) is 4.79 Å². The third kappa shape index (κ3) is 1.76. The molecular weight excluding hydrogens is 158 g/mol. The lowest BCUT2D eigenvalue weighted by atomic mass is 10.2. The normalized spacial score (nSPS) is 30.4. The molecular formula is C8H16NO3+. The molecule has 1 fully saturated rings. The first-order valence-electron chi connectivity index (χ1n) is 4.20. The molecule has 1 amide bonds. The summed E-state index contributed by atoms with van der Waals surface area (Å²) in [5.41, 5.74) is 0. The van der Waals surface area contributed by atoms with E-state index in [0.29, 0.717) is 13.2 Å². The Kier molecular flexibility index (Phi) is 3.05. The lowest BCUT2D eigenvalue weighted by Crippen LogP contribution is -2.53. The van der Waals surface area contributed by atoms with E-state index in [2.05, 4.69) is 0 Å². The molecule has 12 heavy (non-hydrogen) atoms. The van der Waals surface area contributed by atoms with Gasteiger partial charge in [-0.1, -0.05) is 0 Å². The first kappa shape index (κ1) is 9.48. The van der Waals surface area contributed by atoms with Gasteiger partial charge in [-0.05, 0) is 13.8 Å². The van der Waals surface area contributed by atoms with Crippen molar-refractivity contribution in [3.05, 3.63) is 0 Å². The number of carbonyl (C=O) groups is 1. The van der Waals surface area contributed by atoms with E-state index in [-0.39, 0.29) is 24.6 Å². The van der Waals surface area contributed by atoms with E-state index in [4.69, 9.17) is 9.84 Å². The predicted molar refractivity (Wildman–Crippen MR) is 45.1 cm³/mol. The summed E-state index contributed by atoms with van der Waals surface area (Å²) in [6, 6.07) is 0.234. The second kappa shape index (κ2) is 3.87. The van der Waals surface area contributed by atoms with Crippen LogP contribution in [0.5, 0.6) is 0 Å². The second-order valence-corrected chi connectivity index (χ2v) is 3.21. The molecule has 2 atom stereocenters. The van der Waals surface area contributed by atoms with Crippen molar-refractivity contribution in [1.29, 1.82) is 0 Å². The molecule has 1 aliphatic rings. The highest BCUT2D eigenvalue weighted by atomic mass is 16.5. The lowest BCUT2D eigenvalue weighted by molar-refractivity contribution is -0.147. The Balaban J connectivity index is 2.62. The second-order valence-electron chi connectivity index (χ2n) is 3.21. The van der Waals surface area contributed by atoms with Crippen molar-refractivity contribution < 1.29 is 14.6 Å². The summed E-state index contributed by atoms with van der Waals surface area (Å²) < 4.78 is 5.26. The summed E-state index contributed by atoms with van der Waals surface area (Å²) in [7, 11) is 0. The van der Waals surface area contributed by atoms with Crippen LogP contribution >= 0.6 is 0 Å². The van der Waals surface area contributed by atoms with Crippen LogP contribution in [0.1, 0.15) is 13.8 Å². The topological polar surface area (TPSA) is 52.4 Å². The molecule has 1 saturated heterocycles. The van der Waals surface area contributed by atoms with Crippen LogP contribution in [0.3, 0.4) is 0 Å². The first-order chi connectivity index (χ1) is 5.66. The van der Waals surface area contributed by atoms with Crippen LogP contribution in [0.4, 0.5) is 0 Å². The van der Waals surface area contributed by atoms with Gasteiger partial charge in [-0.15, -0.1) is 0 Å². The Morgan fingerprint density at radius 1 is 1.50 bits per heavy atom. The quantitative estimate of drug-likeness (QED) is 0.496. The van der Waals surface area contributed by atoms with E-state index >= 15 is 0 Å². The average molecular weight is 174 g/mol. The van der Waals surface area contributed by atoms with E-state index in [1.54, 1.807) is 4.90 Å². The number of carbonyl (C=O) groups excluding carboxylic acids is 1. The monoisotopic (exact) mass is 174 g/mol. The van der Waals surface area contributed by atoms with Crippen LogP contribution in [0.15, 0.2) is 0 Å². The van der Waals surface area contributed by atoms with Crippen LogP contribution in [0, 0.1) is 0 Å². The Hall–Kier alpha value is -0.610. The van der Waals surface area contributed by atoms with Crippen LogP contribution in [0.25, 0.3) is 0 Å². The fourth-order valence-corrected chi connectivity index (χ4v) is 1.59. The Bertz CT molecular complexity index is 162. The SMILES string of the molecule is CC1COC[C@@H](C)N1C(=O)C[OH2+]. The lowest BCUT2D eigenvalue weighted by Gasteiger charge is -2.37. The van der Waals surface area contributed by atoms with Crippen molar-refractivity contribution in [2.24, 2.45) is 0 Å². The zero-order valence-electron chi connectivity index (χ0n) is 7.54. The number of rotatable bonds is 1. The number of ether oxygens (including phenoxy) is 1. The summed E-state index contributed by atoms with van der Waals surface area (Å²) in [4.78, 5) is 13.0. The van der Waals surface area contributed by atoms with Crippen molar-refractivity contribution in [1.82, 2.24) is 4.90 Å². The molecule has 0 aromatic heterocycles. The van der Waals surface area contributed by atoms with Gasteiger partial charge in [0.2, 0.25) is 6.61 Å². The largest absolute Gasteiger partial charge is 0.438 e. The van der Waals surface area contributed by atoms with Crippen LogP contribution in [-0.4, -0.2) is 47.8 Å². The first-order valence-corrected chi connectivity index (χ1v) is 4.20. The third-order valence-electron chi connectivity index (χ3n) is 2.11. The molecule has 1 unspecified atom stereocenters. The molecule has 1 aliphatic heterocycles. The van der Waals surface area contributed by atoms with E-state index in [1.807, 2.05) is 13.8 Å². The Labute approximate surface area is 72.1 Å². The maximum Gasteiger partial charge on any atom is 0.299 e. The van der Waals surface area contributed by atoms with Gasteiger partial charge in [-0.2, -0.15) is 0 Å². The highest BCUT2D eigenvalue weighted by molar-refractivity contribution is 5.77. The van der Waals surface area contributed by atoms with Crippen LogP contribution in [-0.2, 0) is 9.53 Å². The molecule has 0 aromatic rings. The molecule has 2 N–H and O–H groups in total. The molecule has 1 heterocycles. The van der Waals surface area contributed by atoms with E-state index in [0.717, 1.165) is 0 Å². The average Bonchev–Trinajstić information content (AvgIpc) is 2.03. The van der Waals surface area contributed by atoms with Crippen LogP contribution in [0.2, 0.25) is 0 Å². The minimum absolute atomic E-state index is 0.0988. The van der Waals surface area contributed by atoms with Gasteiger partial charge in [0.1, 0.15) is 0 Å². The third-order valence-corrected chi connectivity index (χ3v) is 2.11. The molecule has 4 heteroatoms. The molecule has 0 radical (unpaired) electrons. The molecule has 70 valence electrons. The van der Waals surface area contributed by atoms with Crippen molar-refractivity contribution in [3.63, 3.8) is 0 Å². The number of morpholine rings is 1. The van der Waals surface area contributed by atoms with Gasteiger partial charge in [0.25, 0.3) is 5.91 Å². The van der Waals surface area contributed by atoms with E-state index in [1.165, 1.54) is 0 Å². The Morgan fingerprint density at radius 2 is 2.00 bits per heavy atom. The molecule has 0 aliphatic carbocycles. The van der Waals surface area contributed by atoms with Gasteiger partial charge in [0.05, 0.1) is 25.3 Å². The smallest absolute Gasteiger partial charge is 0.299 e. The molecule has 4 nitrogen and oxygen atoms in total. The van der Waals surface area contributed by atoms with Crippen molar-refractivity contribution >= 4 is 5.91 Å². The van der Waals surface area contributed by atoms with E-state index < -0.39 is 0 Å². The van der Waals surface area contributed by atoms with Gasteiger partial charge in [-0.3, -0.25) is 4.79 Å². The van der Waals surface area contributed by atoms with Gasteiger partial charge >= 0.3 is 0 Å². The molecule has 0 spiro atoms. The molecule has 1 rings (SSSR count). The van der Waals surface area contributed by atoms with Crippen molar-refractivity contribution in [2.75, 3.05) is 19.8 Å². The summed E-state index contributed by atoms with van der Waals surface area (Å²) >= 11 is 0. The molecule has 0 bridgehead atoms. The minimum atomic E-state index is -0.158. The van der Waals surface area contributed by atoms with Gasteiger partial charge in [-0.25, -0.2) is 0 Å². The zero-order chi connectivity index (χ0) is 9.14.